The molecule has 1 aromatic rings. The second kappa shape index (κ2) is 9.13. The van der Waals surface area contributed by atoms with Gasteiger partial charge in [0.1, 0.15) is 18.1 Å². The van der Waals surface area contributed by atoms with E-state index < -0.39 is 0 Å². The molecule has 1 aliphatic rings. The number of hydrogen-bond donors (Lipinski definition) is 0. The molecule has 1 aliphatic heterocycles. The first kappa shape index (κ1) is 18.1. The van der Waals surface area contributed by atoms with E-state index in [4.69, 9.17) is 9.47 Å². The average Bonchev–Trinajstić information content (AvgIpc) is 2.41. The normalized spacial score (nSPS) is 16.6. The fraction of sp³-hybridized carbons (Fsp3) is 0.625. The second-order valence-electron chi connectivity index (χ2n) is 5.63. The van der Waals surface area contributed by atoms with Crippen LogP contribution in [-0.2, 0) is 0 Å². The Hall–Kier alpha value is -0.970. The Labute approximate surface area is 134 Å². The highest BCUT2D eigenvalue weighted by Crippen LogP contribution is 2.20. The van der Waals surface area contributed by atoms with Gasteiger partial charge in [0.15, 0.2) is 0 Å². The van der Waals surface area contributed by atoms with Gasteiger partial charge in [0.25, 0.3) is 0 Å². The van der Waals surface area contributed by atoms with Crippen molar-refractivity contribution in [3.8, 4) is 11.5 Å². The Morgan fingerprint density at radius 3 is 2.43 bits per heavy atom. The van der Waals surface area contributed by atoms with E-state index in [1.165, 1.54) is 0 Å². The molecule has 0 saturated carbocycles. The van der Waals surface area contributed by atoms with Crippen molar-refractivity contribution >= 4 is 12.4 Å². The maximum Gasteiger partial charge on any atom is 0.123 e. The van der Waals surface area contributed by atoms with Crippen LogP contribution in [0.3, 0.4) is 0 Å². The van der Waals surface area contributed by atoms with E-state index >= 15 is 0 Å². The van der Waals surface area contributed by atoms with E-state index in [9.17, 15) is 0 Å². The summed E-state index contributed by atoms with van der Waals surface area (Å²) >= 11 is 0. The maximum atomic E-state index is 5.82. The van der Waals surface area contributed by atoms with Gasteiger partial charge in [-0.05, 0) is 33.0 Å². The topological polar surface area (TPSA) is 24.9 Å². The van der Waals surface area contributed by atoms with E-state index in [1.54, 1.807) is 0 Å². The molecule has 0 bridgehead atoms. The number of rotatable bonds is 6. The van der Waals surface area contributed by atoms with E-state index in [2.05, 4.69) is 16.8 Å². The van der Waals surface area contributed by atoms with Crippen LogP contribution in [0.5, 0.6) is 11.5 Å². The molecule has 0 atom stereocenters. The molecule has 1 saturated heterocycles. The first-order chi connectivity index (χ1) is 9.63. The Morgan fingerprint density at radius 1 is 1.10 bits per heavy atom. The van der Waals surface area contributed by atoms with E-state index in [0.717, 1.165) is 50.8 Å². The minimum absolute atomic E-state index is 0. The lowest BCUT2D eigenvalue weighted by Gasteiger charge is -2.32. The Kier molecular flexibility index (Phi) is 7.86. The van der Waals surface area contributed by atoms with Crippen LogP contribution in [-0.4, -0.2) is 62.3 Å². The number of piperazine rings is 1. The Bertz CT molecular complexity index is 407. The maximum absolute atomic E-state index is 5.82. The molecule has 0 aromatic heterocycles. The second-order valence-corrected chi connectivity index (χ2v) is 5.63. The van der Waals surface area contributed by atoms with Crippen LogP contribution in [0.4, 0.5) is 0 Å². The van der Waals surface area contributed by atoms with E-state index in [1.807, 2.05) is 38.1 Å². The molecule has 0 N–H and O–H groups in total. The third-order valence-corrected chi connectivity index (χ3v) is 3.45. The molecule has 0 unspecified atom stereocenters. The molecule has 0 amide bonds. The number of hydrogen-bond acceptors (Lipinski definition) is 4. The molecule has 1 aromatic carbocycles. The van der Waals surface area contributed by atoms with Crippen LogP contribution in [0, 0.1) is 0 Å². The summed E-state index contributed by atoms with van der Waals surface area (Å²) in [5, 5.41) is 0. The lowest BCUT2D eigenvalue weighted by molar-refractivity contribution is 0.133. The van der Waals surface area contributed by atoms with Crippen molar-refractivity contribution in [3.63, 3.8) is 0 Å². The van der Waals surface area contributed by atoms with Crippen LogP contribution < -0.4 is 9.47 Å². The van der Waals surface area contributed by atoms with Gasteiger partial charge in [-0.2, -0.15) is 0 Å². The smallest absolute Gasteiger partial charge is 0.123 e. The molecule has 21 heavy (non-hydrogen) atoms. The highest BCUT2D eigenvalue weighted by atomic mass is 35.5. The third-order valence-electron chi connectivity index (χ3n) is 3.45. The minimum atomic E-state index is 0. The van der Waals surface area contributed by atoms with Gasteiger partial charge in [-0.3, -0.25) is 4.90 Å². The van der Waals surface area contributed by atoms with Gasteiger partial charge in [-0.1, -0.05) is 6.07 Å². The third kappa shape index (κ3) is 6.55. The summed E-state index contributed by atoms with van der Waals surface area (Å²) in [6, 6.07) is 7.89. The summed E-state index contributed by atoms with van der Waals surface area (Å²) in [5.74, 6) is 1.76. The molecular weight excluding hydrogens is 288 g/mol. The van der Waals surface area contributed by atoms with Crippen molar-refractivity contribution < 1.29 is 9.47 Å². The minimum Gasteiger partial charge on any atom is -0.492 e. The largest absolute Gasteiger partial charge is 0.492 e. The number of likely N-dealkylation sites (N-methyl/N-ethyl adjacent to an activating group) is 1. The van der Waals surface area contributed by atoms with Crippen LogP contribution >= 0.6 is 12.4 Å². The van der Waals surface area contributed by atoms with Gasteiger partial charge >= 0.3 is 0 Å². The van der Waals surface area contributed by atoms with Gasteiger partial charge in [0.2, 0.25) is 0 Å². The molecule has 1 heterocycles. The van der Waals surface area contributed by atoms with Gasteiger partial charge in [0.05, 0.1) is 6.10 Å². The van der Waals surface area contributed by atoms with E-state index in [0.29, 0.717) is 0 Å². The molecule has 2 rings (SSSR count). The number of halogens is 1. The lowest BCUT2D eigenvalue weighted by Crippen LogP contribution is -2.45. The summed E-state index contributed by atoms with van der Waals surface area (Å²) in [6.07, 6.45) is 0.190. The molecule has 4 nitrogen and oxygen atoms in total. The SMILES string of the molecule is CC(C)Oc1cccc(OCCN2CCN(C)CC2)c1.Cl. The highest BCUT2D eigenvalue weighted by Gasteiger charge is 2.13. The van der Waals surface area contributed by atoms with Crippen molar-refractivity contribution in [1.29, 1.82) is 0 Å². The summed E-state index contributed by atoms with van der Waals surface area (Å²) in [7, 11) is 2.17. The first-order valence-electron chi connectivity index (χ1n) is 7.44. The molecule has 0 radical (unpaired) electrons. The van der Waals surface area contributed by atoms with Gasteiger partial charge < -0.3 is 14.4 Å². The number of nitrogens with zero attached hydrogens (tertiary/aromatic N) is 2. The van der Waals surface area contributed by atoms with Crippen molar-refractivity contribution in [2.75, 3.05) is 46.4 Å². The predicted molar refractivity (Wildman–Crippen MR) is 88.9 cm³/mol. The Balaban J connectivity index is 0.00000220. The highest BCUT2D eigenvalue weighted by molar-refractivity contribution is 5.85. The number of benzene rings is 1. The fourth-order valence-electron chi connectivity index (χ4n) is 2.27. The molecule has 1 fully saturated rings. The van der Waals surface area contributed by atoms with Crippen LogP contribution in [0.25, 0.3) is 0 Å². The molecule has 120 valence electrons. The lowest BCUT2D eigenvalue weighted by atomic mass is 10.3. The van der Waals surface area contributed by atoms with Crippen LogP contribution in [0.1, 0.15) is 13.8 Å². The summed E-state index contributed by atoms with van der Waals surface area (Å²) in [5.41, 5.74) is 0. The van der Waals surface area contributed by atoms with Crippen molar-refractivity contribution in [2.24, 2.45) is 0 Å². The van der Waals surface area contributed by atoms with Crippen LogP contribution in [0.2, 0.25) is 0 Å². The predicted octanol–water partition coefficient (Wildman–Crippen LogP) is 2.52. The zero-order valence-electron chi connectivity index (χ0n) is 13.2. The van der Waals surface area contributed by atoms with Crippen LogP contribution in [0.15, 0.2) is 24.3 Å². The van der Waals surface area contributed by atoms with Gasteiger partial charge in [-0.25, -0.2) is 0 Å². The number of ether oxygens (including phenoxy) is 2. The molecular formula is C16H27ClN2O2. The Morgan fingerprint density at radius 2 is 1.76 bits per heavy atom. The average molecular weight is 315 g/mol. The standard InChI is InChI=1S/C16H26N2O2.ClH/c1-14(2)20-16-6-4-5-15(13-16)19-12-11-18-9-7-17(3)8-10-18;/h4-6,13-14H,7-12H2,1-3H3;1H. The summed E-state index contributed by atoms with van der Waals surface area (Å²) < 4.78 is 11.5. The van der Waals surface area contributed by atoms with Gasteiger partial charge in [-0.15, -0.1) is 12.4 Å². The summed E-state index contributed by atoms with van der Waals surface area (Å²) in [6.45, 7) is 10.3. The monoisotopic (exact) mass is 314 g/mol. The van der Waals surface area contributed by atoms with E-state index in [-0.39, 0.29) is 18.5 Å². The first-order valence-corrected chi connectivity index (χ1v) is 7.44. The molecule has 5 heteroatoms. The summed E-state index contributed by atoms with van der Waals surface area (Å²) in [4.78, 5) is 4.82. The van der Waals surface area contributed by atoms with Crippen molar-refractivity contribution in [1.82, 2.24) is 9.80 Å². The van der Waals surface area contributed by atoms with Gasteiger partial charge in [0, 0.05) is 38.8 Å². The zero-order chi connectivity index (χ0) is 14.4. The quantitative estimate of drug-likeness (QED) is 0.805. The van der Waals surface area contributed by atoms with Crippen molar-refractivity contribution in [2.45, 2.75) is 20.0 Å². The molecule has 0 aliphatic carbocycles. The van der Waals surface area contributed by atoms with Crippen molar-refractivity contribution in [3.05, 3.63) is 24.3 Å². The fourth-order valence-corrected chi connectivity index (χ4v) is 2.27. The zero-order valence-corrected chi connectivity index (χ0v) is 14.1. The molecule has 0 spiro atoms.